The van der Waals surface area contributed by atoms with Gasteiger partial charge in [-0.15, -0.1) is 0 Å². The second-order valence-electron chi connectivity index (χ2n) is 3.32. The molecule has 16 heavy (non-hydrogen) atoms. The largest absolute Gasteiger partial charge is 0.506 e. The molecule has 7 heteroatoms. The Morgan fingerprint density at radius 1 is 1.50 bits per heavy atom. The Kier molecular flexibility index (Phi) is 3.83. The van der Waals surface area contributed by atoms with Crippen molar-refractivity contribution in [1.82, 2.24) is 10.3 Å². The molecule has 0 aliphatic rings. The Morgan fingerprint density at radius 3 is 2.75 bits per heavy atom. The van der Waals surface area contributed by atoms with Crippen LogP contribution in [0.3, 0.4) is 0 Å². The monoisotopic (exact) mass is 244 g/mol. The van der Waals surface area contributed by atoms with Crippen LogP contribution in [-0.2, 0) is 9.84 Å². The van der Waals surface area contributed by atoms with Gasteiger partial charge in [0.05, 0.1) is 17.5 Å². The predicted molar refractivity (Wildman–Crippen MR) is 57.9 cm³/mol. The topological polar surface area (TPSA) is 96.4 Å². The number of amides is 1. The number of nitrogens with zero attached hydrogens (tertiary/aromatic N) is 1. The summed E-state index contributed by atoms with van der Waals surface area (Å²) in [4.78, 5) is 15.1. The zero-order chi connectivity index (χ0) is 12.2. The average molecular weight is 244 g/mol. The van der Waals surface area contributed by atoms with E-state index in [1.54, 1.807) is 0 Å². The van der Waals surface area contributed by atoms with Crippen molar-refractivity contribution in [3.8, 4) is 5.75 Å². The lowest BCUT2D eigenvalue weighted by molar-refractivity contribution is 0.0955. The molecule has 0 atom stereocenters. The van der Waals surface area contributed by atoms with Gasteiger partial charge >= 0.3 is 0 Å². The molecule has 1 aromatic heterocycles. The quantitative estimate of drug-likeness (QED) is 0.748. The first-order valence-electron chi connectivity index (χ1n) is 4.48. The number of rotatable bonds is 4. The van der Waals surface area contributed by atoms with E-state index in [1.165, 1.54) is 18.5 Å². The lowest BCUT2D eigenvalue weighted by atomic mass is 10.2. The third-order valence-corrected chi connectivity index (χ3v) is 2.69. The smallest absolute Gasteiger partial charge is 0.253 e. The van der Waals surface area contributed by atoms with E-state index in [2.05, 4.69) is 10.3 Å². The van der Waals surface area contributed by atoms with Gasteiger partial charge in [0.1, 0.15) is 15.6 Å². The molecular formula is C9H12N2O4S. The lowest BCUT2D eigenvalue weighted by Crippen LogP contribution is -2.28. The SMILES string of the molecule is CS(=O)(=O)CCNC(=O)c1cncc(O)c1. The zero-order valence-electron chi connectivity index (χ0n) is 8.67. The number of carbonyl (C=O) groups is 1. The summed E-state index contributed by atoms with van der Waals surface area (Å²) in [6.07, 6.45) is 3.58. The Hall–Kier alpha value is -1.63. The van der Waals surface area contributed by atoms with E-state index in [4.69, 9.17) is 5.11 Å². The van der Waals surface area contributed by atoms with Crippen LogP contribution in [0.25, 0.3) is 0 Å². The van der Waals surface area contributed by atoms with Crippen LogP contribution in [0.4, 0.5) is 0 Å². The van der Waals surface area contributed by atoms with Crippen molar-refractivity contribution in [1.29, 1.82) is 0 Å². The molecule has 6 nitrogen and oxygen atoms in total. The van der Waals surface area contributed by atoms with Gasteiger partial charge < -0.3 is 10.4 Å². The summed E-state index contributed by atoms with van der Waals surface area (Å²) in [5.41, 5.74) is 0.188. The van der Waals surface area contributed by atoms with Crippen molar-refractivity contribution < 1.29 is 18.3 Å². The minimum atomic E-state index is -3.09. The zero-order valence-corrected chi connectivity index (χ0v) is 9.49. The number of hydrogen-bond acceptors (Lipinski definition) is 5. The minimum absolute atomic E-state index is 0.0350. The molecule has 1 amide bonds. The van der Waals surface area contributed by atoms with E-state index in [9.17, 15) is 13.2 Å². The number of pyridine rings is 1. The van der Waals surface area contributed by atoms with Crippen LogP contribution in [0, 0.1) is 0 Å². The van der Waals surface area contributed by atoms with E-state index < -0.39 is 15.7 Å². The van der Waals surface area contributed by atoms with Crippen LogP contribution >= 0.6 is 0 Å². The van der Waals surface area contributed by atoms with Crippen LogP contribution in [0.2, 0.25) is 0 Å². The van der Waals surface area contributed by atoms with Gasteiger partial charge in [-0.2, -0.15) is 0 Å². The van der Waals surface area contributed by atoms with Crippen molar-refractivity contribution in [2.75, 3.05) is 18.6 Å². The van der Waals surface area contributed by atoms with E-state index >= 15 is 0 Å². The summed E-state index contributed by atoms with van der Waals surface area (Å²) in [6.45, 7) is 0.0350. The molecule has 0 unspecified atom stereocenters. The normalized spacial score (nSPS) is 11.1. The Labute approximate surface area is 93.2 Å². The van der Waals surface area contributed by atoms with Gasteiger partial charge in [-0.25, -0.2) is 8.42 Å². The summed E-state index contributed by atoms with van der Waals surface area (Å²) in [7, 11) is -3.09. The molecule has 0 saturated carbocycles. The van der Waals surface area contributed by atoms with Gasteiger partial charge in [0.25, 0.3) is 5.91 Å². The van der Waals surface area contributed by atoms with Crippen molar-refractivity contribution in [3.63, 3.8) is 0 Å². The Balaban J connectivity index is 2.54. The fourth-order valence-electron chi connectivity index (χ4n) is 1.00. The molecule has 0 bridgehead atoms. The second-order valence-corrected chi connectivity index (χ2v) is 5.58. The average Bonchev–Trinajstić information content (AvgIpc) is 2.15. The van der Waals surface area contributed by atoms with E-state index in [0.717, 1.165) is 6.26 Å². The number of carbonyl (C=O) groups excluding carboxylic acids is 1. The molecule has 0 fully saturated rings. The van der Waals surface area contributed by atoms with Gasteiger partial charge in [-0.3, -0.25) is 9.78 Å². The highest BCUT2D eigenvalue weighted by atomic mass is 32.2. The molecular weight excluding hydrogens is 232 g/mol. The molecule has 0 aliphatic heterocycles. The van der Waals surface area contributed by atoms with Crippen LogP contribution in [0.5, 0.6) is 5.75 Å². The van der Waals surface area contributed by atoms with Crippen LogP contribution < -0.4 is 5.32 Å². The maximum Gasteiger partial charge on any atom is 0.253 e. The van der Waals surface area contributed by atoms with Crippen LogP contribution in [0.1, 0.15) is 10.4 Å². The highest BCUT2D eigenvalue weighted by molar-refractivity contribution is 7.90. The molecule has 0 aliphatic carbocycles. The first-order valence-corrected chi connectivity index (χ1v) is 6.54. The third kappa shape index (κ3) is 4.26. The van der Waals surface area contributed by atoms with Crippen molar-refractivity contribution in [2.24, 2.45) is 0 Å². The number of sulfone groups is 1. The number of hydrogen-bond donors (Lipinski definition) is 2. The number of aromatic hydroxyl groups is 1. The molecule has 0 saturated heterocycles. The van der Waals surface area contributed by atoms with Crippen molar-refractivity contribution in [2.45, 2.75) is 0 Å². The fourth-order valence-corrected chi connectivity index (χ4v) is 1.48. The summed E-state index contributed by atoms with van der Waals surface area (Å²) in [5, 5.41) is 11.5. The standard InChI is InChI=1S/C9H12N2O4S/c1-16(14,15)3-2-11-9(13)7-4-8(12)6-10-5-7/h4-6,12H,2-3H2,1H3,(H,11,13). The maximum absolute atomic E-state index is 11.4. The molecule has 88 valence electrons. The highest BCUT2D eigenvalue weighted by Gasteiger charge is 2.08. The maximum atomic E-state index is 11.4. The molecule has 2 N–H and O–H groups in total. The van der Waals surface area contributed by atoms with Crippen LogP contribution in [0.15, 0.2) is 18.5 Å². The summed E-state index contributed by atoms with van der Waals surface area (Å²) in [5.74, 6) is -0.701. The first kappa shape index (κ1) is 12.4. The summed E-state index contributed by atoms with van der Waals surface area (Å²) < 4.78 is 21.6. The molecule has 1 aromatic rings. The molecule has 0 aromatic carbocycles. The van der Waals surface area contributed by atoms with Gasteiger partial charge in [0.2, 0.25) is 0 Å². The van der Waals surface area contributed by atoms with Gasteiger partial charge in [-0.1, -0.05) is 0 Å². The highest BCUT2D eigenvalue weighted by Crippen LogP contribution is 2.07. The molecule has 1 rings (SSSR count). The summed E-state index contributed by atoms with van der Waals surface area (Å²) in [6, 6.07) is 1.25. The molecule has 0 radical (unpaired) electrons. The molecule has 1 heterocycles. The van der Waals surface area contributed by atoms with Crippen LogP contribution in [-0.4, -0.2) is 43.0 Å². The van der Waals surface area contributed by atoms with E-state index in [-0.39, 0.29) is 23.6 Å². The van der Waals surface area contributed by atoms with Gasteiger partial charge in [-0.05, 0) is 6.07 Å². The Morgan fingerprint density at radius 2 is 2.19 bits per heavy atom. The van der Waals surface area contributed by atoms with Crippen molar-refractivity contribution in [3.05, 3.63) is 24.0 Å². The van der Waals surface area contributed by atoms with Crippen molar-refractivity contribution >= 4 is 15.7 Å². The number of nitrogens with one attached hydrogen (secondary N) is 1. The lowest BCUT2D eigenvalue weighted by Gasteiger charge is -2.03. The fraction of sp³-hybridized carbons (Fsp3) is 0.333. The molecule has 0 spiro atoms. The first-order chi connectivity index (χ1) is 7.38. The van der Waals surface area contributed by atoms with E-state index in [0.29, 0.717) is 0 Å². The second kappa shape index (κ2) is 4.93. The minimum Gasteiger partial charge on any atom is -0.506 e. The number of aromatic nitrogens is 1. The Bertz CT molecular complexity index is 484. The van der Waals surface area contributed by atoms with E-state index in [1.807, 2.05) is 0 Å². The van der Waals surface area contributed by atoms with Gasteiger partial charge in [0, 0.05) is 19.0 Å². The summed E-state index contributed by atoms with van der Waals surface area (Å²) >= 11 is 0. The predicted octanol–water partition coefficient (Wildman–Crippen LogP) is -0.438. The van der Waals surface area contributed by atoms with Gasteiger partial charge in [0.15, 0.2) is 0 Å². The third-order valence-electron chi connectivity index (χ3n) is 1.74.